The zero-order chi connectivity index (χ0) is 25.2. The van der Waals surface area contributed by atoms with E-state index in [1.54, 1.807) is 11.9 Å². The Balaban J connectivity index is 1.45. The standard InChI is InChI=1S/C23H30N8O4/c1-25-23(35)17-4-2-3-5-19(17)31(16-32)9-6-20(33)28-15-21(34)29-10-12-30(13-11-29)22-18(14-24)26-7-8-27-22/h7-8,16H,2-6,9-13,15H2,1H3,(H,25,35)(H,28,33). The van der Waals surface area contributed by atoms with Crippen molar-refractivity contribution in [3.8, 4) is 6.07 Å². The van der Waals surface area contributed by atoms with E-state index in [4.69, 9.17) is 0 Å². The number of carbonyl (C=O) groups is 4. The number of allylic oxidation sites excluding steroid dienone is 1. The van der Waals surface area contributed by atoms with Crippen LogP contribution in [0.4, 0.5) is 5.82 Å². The average molecular weight is 483 g/mol. The molecule has 2 N–H and O–H groups in total. The van der Waals surface area contributed by atoms with Crippen LogP contribution in [0.5, 0.6) is 0 Å². The highest BCUT2D eigenvalue weighted by molar-refractivity contribution is 5.94. The Hall–Kier alpha value is -4.01. The lowest BCUT2D eigenvalue weighted by Gasteiger charge is -2.35. The minimum atomic E-state index is -0.347. The molecule has 1 saturated heterocycles. The van der Waals surface area contributed by atoms with Crippen molar-refractivity contribution in [1.82, 2.24) is 30.4 Å². The second-order valence-electron chi connectivity index (χ2n) is 8.25. The quantitative estimate of drug-likeness (QED) is 0.449. The number of amides is 4. The first-order valence-corrected chi connectivity index (χ1v) is 11.6. The molecule has 186 valence electrons. The summed E-state index contributed by atoms with van der Waals surface area (Å²) in [7, 11) is 1.55. The Kier molecular flexibility index (Phi) is 9.11. The zero-order valence-electron chi connectivity index (χ0n) is 19.8. The molecule has 1 aromatic rings. The molecule has 0 saturated carbocycles. The van der Waals surface area contributed by atoms with E-state index < -0.39 is 0 Å². The molecule has 1 aromatic heterocycles. The third kappa shape index (κ3) is 6.53. The van der Waals surface area contributed by atoms with Gasteiger partial charge in [-0.3, -0.25) is 19.2 Å². The van der Waals surface area contributed by atoms with Crippen molar-refractivity contribution in [1.29, 1.82) is 5.26 Å². The molecule has 2 heterocycles. The molecule has 0 aromatic carbocycles. The third-order valence-electron chi connectivity index (χ3n) is 6.15. The number of nitrogens with zero attached hydrogens (tertiary/aromatic N) is 6. The summed E-state index contributed by atoms with van der Waals surface area (Å²) in [6.07, 6.45) is 6.63. The fourth-order valence-electron chi connectivity index (χ4n) is 4.26. The molecule has 1 aliphatic heterocycles. The van der Waals surface area contributed by atoms with Gasteiger partial charge in [0.15, 0.2) is 11.5 Å². The number of hydrogen-bond donors (Lipinski definition) is 2. The molecule has 12 heteroatoms. The van der Waals surface area contributed by atoms with Gasteiger partial charge in [-0.1, -0.05) is 0 Å². The number of anilines is 1. The maximum Gasteiger partial charge on any atom is 0.248 e. The lowest BCUT2D eigenvalue weighted by Crippen LogP contribution is -2.51. The Morgan fingerprint density at radius 2 is 1.86 bits per heavy atom. The topological polar surface area (TPSA) is 152 Å². The van der Waals surface area contributed by atoms with Gasteiger partial charge in [0.1, 0.15) is 6.07 Å². The van der Waals surface area contributed by atoms with E-state index in [1.807, 2.05) is 11.0 Å². The number of hydrogen-bond acceptors (Lipinski definition) is 8. The molecular formula is C23H30N8O4. The molecule has 12 nitrogen and oxygen atoms in total. The highest BCUT2D eigenvalue weighted by atomic mass is 16.2. The minimum absolute atomic E-state index is 0.0218. The second kappa shape index (κ2) is 12.5. The van der Waals surface area contributed by atoms with Crippen LogP contribution in [0, 0.1) is 11.3 Å². The summed E-state index contributed by atoms with van der Waals surface area (Å²) in [6, 6.07) is 2.02. The van der Waals surface area contributed by atoms with Crippen LogP contribution in [-0.2, 0) is 19.2 Å². The number of aromatic nitrogens is 2. The molecule has 0 unspecified atom stereocenters. The van der Waals surface area contributed by atoms with Gasteiger partial charge >= 0.3 is 0 Å². The van der Waals surface area contributed by atoms with Gasteiger partial charge in [-0.15, -0.1) is 0 Å². The highest BCUT2D eigenvalue weighted by Crippen LogP contribution is 2.27. The number of nitrogens with one attached hydrogen (secondary N) is 2. The van der Waals surface area contributed by atoms with Gasteiger partial charge in [-0.2, -0.15) is 5.26 Å². The van der Waals surface area contributed by atoms with Crippen molar-refractivity contribution >= 4 is 29.9 Å². The first-order chi connectivity index (χ1) is 17.0. The SMILES string of the molecule is CNC(=O)C1=C(N(C=O)CCC(=O)NCC(=O)N2CCN(c3nccnc3C#N)CC2)CCCC1. The molecule has 0 spiro atoms. The van der Waals surface area contributed by atoms with E-state index in [0.717, 1.165) is 12.8 Å². The summed E-state index contributed by atoms with van der Waals surface area (Å²) in [6.45, 7) is 1.88. The average Bonchev–Trinajstić information content (AvgIpc) is 2.91. The Morgan fingerprint density at radius 3 is 2.54 bits per heavy atom. The van der Waals surface area contributed by atoms with Crippen LogP contribution in [0.1, 0.15) is 37.8 Å². The molecule has 0 bridgehead atoms. The van der Waals surface area contributed by atoms with E-state index >= 15 is 0 Å². The van der Waals surface area contributed by atoms with E-state index in [0.29, 0.717) is 62.5 Å². The fourth-order valence-corrected chi connectivity index (χ4v) is 4.26. The predicted octanol–water partition coefficient (Wildman–Crippen LogP) is -0.464. The van der Waals surface area contributed by atoms with Crippen LogP contribution in [0.25, 0.3) is 0 Å². The lowest BCUT2D eigenvalue weighted by atomic mass is 9.94. The monoisotopic (exact) mass is 482 g/mol. The van der Waals surface area contributed by atoms with E-state index in [-0.39, 0.29) is 42.9 Å². The van der Waals surface area contributed by atoms with Crippen LogP contribution in [0.2, 0.25) is 0 Å². The molecule has 2 aliphatic rings. The fraction of sp³-hybridized carbons (Fsp3) is 0.522. The summed E-state index contributed by atoms with van der Waals surface area (Å²) in [5.41, 5.74) is 1.49. The maximum atomic E-state index is 12.6. The Labute approximate surface area is 204 Å². The van der Waals surface area contributed by atoms with Gasteiger partial charge < -0.3 is 25.3 Å². The summed E-state index contributed by atoms with van der Waals surface area (Å²) in [5, 5.41) is 14.4. The molecule has 0 atom stereocenters. The van der Waals surface area contributed by atoms with E-state index in [1.165, 1.54) is 17.3 Å². The van der Waals surface area contributed by atoms with E-state index in [9.17, 15) is 24.4 Å². The normalized spacial score (nSPS) is 15.8. The van der Waals surface area contributed by atoms with Crippen molar-refractivity contribution in [2.75, 3.05) is 51.2 Å². The van der Waals surface area contributed by atoms with Crippen molar-refractivity contribution < 1.29 is 19.2 Å². The predicted molar refractivity (Wildman–Crippen MR) is 125 cm³/mol. The number of piperazine rings is 1. The van der Waals surface area contributed by atoms with E-state index in [2.05, 4.69) is 20.6 Å². The first-order valence-electron chi connectivity index (χ1n) is 11.6. The first kappa shape index (κ1) is 25.6. The third-order valence-corrected chi connectivity index (χ3v) is 6.15. The van der Waals surface area contributed by atoms with Crippen LogP contribution >= 0.6 is 0 Å². The second-order valence-corrected chi connectivity index (χ2v) is 8.25. The van der Waals surface area contributed by atoms with Gasteiger partial charge in [0.2, 0.25) is 24.1 Å². The van der Waals surface area contributed by atoms with Crippen LogP contribution in [0.3, 0.4) is 0 Å². The summed E-state index contributed by atoms with van der Waals surface area (Å²) in [4.78, 5) is 61.9. The number of nitriles is 1. The molecule has 35 heavy (non-hydrogen) atoms. The number of rotatable bonds is 9. The summed E-state index contributed by atoms with van der Waals surface area (Å²) in [5.74, 6) is -0.255. The molecule has 0 radical (unpaired) electrons. The number of likely N-dealkylation sites (N-methyl/N-ethyl adjacent to an activating group) is 1. The molecule has 3 rings (SSSR count). The largest absolute Gasteiger partial charge is 0.355 e. The van der Waals surface area contributed by atoms with Crippen molar-refractivity contribution in [3.05, 3.63) is 29.4 Å². The zero-order valence-corrected chi connectivity index (χ0v) is 19.8. The number of carbonyl (C=O) groups excluding carboxylic acids is 4. The van der Waals surface area contributed by atoms with Crippen molar-refractivity contribution in [2.45, 2.75) is 32.1 Å². The molecule has 1 aliphatic carbocycles. The smallest absolute Gasteiger partial charge is 0.248 e. The summed E-state index contributed by atoms with van der Waals surface area (Å²) >= 11 is 0. The van der Waals surface area contributed by atoms with Gasteiger partial charge in [-0.05, 0) is 25.7 Å². The van der Waals surface area contributed by atoms with Gasteiger partial charge in [-0.25, -0.2) is 9.97 Å². The lowest BCUT2D eigenvalue weighted by molar-refractivity contribution is -0.133. The Morgan fingerprint density at radius 1 is 1.14 bits per heavy atom. The van der Waals surface area contributed by atoms with Crippen LogP contribution < -0.4 is 15.5 Å². The Bertz CT molecular complexity index is 1030. The van der Waals surface area contributed by atoms with Crippen molar-refractivity contribution in [2.24, 2.45) is 0 Å². The highest BCUT2D eigenvalue weighted by Gasteiger charge is 2.25. The minimum Gasteiger partial charge on any atom is -0.355 e. The van der Waals surface area contributed by atoms with Crippen LogP contribution in [0.15, 0.2) is 23.7 Å². The van der Waals surface area contributed by atoms with Crippen molar-refractivity contribution in [3.63, 3.8) is 0 Å². The molecular weight excluding hydrogens is 452 g/mol. The van der Waals surface area contributed by atoms with Gasteiger partial charge in [0, 0.05) is 69.9 Å². The summed E-state index contributed by atoms with van der Waals surface area (Å²) < 4.78 is 0. The molecule has 1 fully saturated rings. The maximum absolute atomic E-state index is 12.6. The van der Waals surface area contributed by atoms with Crippen LogP contribution in [-0.4, -0.2) is 90.2 Å². The van der Waals surface area contributed by atoms with Gasteiger partial charge in [0.25, 0.3) is 0 Å². The van der Waals surface area contributed by atoms with Gasteiger partial charge in [0.05, 0.1) is 6.54 Å². The molecule has 4 amide bonds.